The third-order valence-corrected chi connectivity index (χ3v) is 3.15. The standard InChI is InChI=1S/C16H20N4O3/c1-11(21)9-17-14-8-15(19-10-18-14)20-13(16(22)23)7-12-5-3-2-4-6-12/h2-6,8,10-11,13,21H,7,9H2,1H3,(H,22,23)(H2,17,18,19,20)/t11?,13-/m0/s1. The van der Waals surface area contributed by atoms with Gasteiger partial charge in [0.05, 0.1) is 6.10 Å². The number of carbonyl (C=O) groups is 1. The normalized spacial score (nSPS) is 13.1. The van der Waals surface area contributed by atoms with E-state index in [9.17, 15) is 15.0 Å². The molecule has 2 aromatic rings. The number of rotatable bonds is 8. The van der Waals surface area contributed by atoms with Crippen molar-refractivity contribution >= 4 is 17.6 Å². The van der Waals surface area contributed by atoms with Crippen LogP contribution in [0.1, 0.15) is 12.5 Å². The highest BCUT2D eigenvalue weighted by Crippen LogP contribution is 2.12. The van der Waals surface area contributed by atoms with E-state index in [1.165, 1.54) is 6.33 Å². The van der Waals surface area contributed by atoms with Crippen LogP contribution in [0.2, 0.25) is 0 Å². The number of hydrogen-bond donors (Lipinski definition) is 4. The first kappa shape index (κ1) is 16.7. The van der Waals surface area contributed by atoms with E-state index in [2.05, 4.69) is 20.6 Å². The first-order chi connectivity index (χ1) is 11.0. The number of aliphatic carboxylic acids is 1. The van der Waals surface area contributed by atoms with E-state index < -0.39 is 18.1 Å². The molecule has 4 N–H and O–H groups in total. The van der Waals surface area contributed by atoms with Crippen LogP contribution in [0.25, 0.3) is 0 Å². The summed E-state index contributed by atoms with van der Waals surface area (Å²) in [5.41, 5.74) is 0.925. The van der Waals surface area contributed by atoms with Gasteiger partial charge >= 0.3 is 5.97 Å². The molecule has 1 heterocycles. The van der Waals surface area contributed by atoms with E-state index in [1.807, 2.05) is 30.3 Å². The van der Waals surface area contributed by atoms with Crippen molar-refractivity contribution in [3.05, 3.63) is 48.3 Å². The summed E-state index contributed by atoms with van der Waals surface area (Å²) in [6, 6.07) is 10.2. The van der Waals surface area contributed by atoms with Crippen molar-refractivity contribution in [2.24, 2.45) is 0 Å². The Bertz CT molecular complexity index is 634. The molecular formula is C16H20N4O3. The molecule has 0 aliphatic heterocycles. The van der Waals surface area contributed by atoms with E-state index >= 15 is 0 Å². The Kier molecular flexibility index (Phi) is 5.87. The molecule has 0 spiro atoms. The number of aliphatic hydroxyl groups is 1. The summed E-state index contributed by atoms with van der Waals surface area (Å²) in [4.78, 5) is 19.5. The number of hydrogen-bond acceptors (Lipinski definition) is 6. The average molecular weight is 316 g/mol. The molecule has 1 aromatic carbocycles. The summed E-state index contributed by atoms with van der Waals surface area (Å²) < 4.78 is 0. The highest BCUT2D eigenvalue weighted by Gasteiger charge is 2.18. The minimum atomic E-state index is -0.953. The zero-order valence-electron chi connectivity index (χ0n) is 12.8. The van der Waals surface area contributed by atoms with Crippen LogP contribution in [0.5, 0.6) is 0 Å². The minimum Gasteiger partial charge on any atom is -0.480 e. The van der Waals surface area contributed by atoms with Gasteiger partial charge in [0.25, 0.3) is 0 Å². The van der Waals surface area contributed by atoms with Gasteiger partial charge in [-0.1, -0.05) is 30.3 Å². The number of benzene rings is 1. The minimum absolute atomic E-state index is 0.344. The average Bonchev–Trinajstić information content (AvgIpc) is 2.53. The fourth-order valence-corrected chi connectivity index (χ4v) is 2.01. The number of aliphatic hydroxyl groups excluding tert-OH is 1. The summed E-state index contributed by atoms with van der Waals surface area (Å²) in [5, 5.41) is 24.5. The highest BCUT2D eigenvalue weighted by atomic mass is 16.4. The quantitative estimate of drug-likeness (QED) is 0.582. The second-order valence-electron chi connectivity index (χ2n) is 5.24. The Labute approximate surface area is 134 Å². The van der Waals surface area contributed by atoms with Crippen LogP contribution < -0.4 is 10.6 Å². The van der Waals surface area contributed by atoms with Gasteiger partial charge in [0, 0.05) is 19.0 Å². The summed E-state index contributed by atoms with van der Waals surface area (Å²) in [6.07, 6.45) is 1.18. The zero-order chi connectivity index (χ0) is 16.7. The summed E-state index contributed by atoms with van der Waals surface area (Å²) in [7, 11) is 0. The van der Waals surface area contributed by atoms with Gasteiger partial charge in [-0.15, -0.1) is 0 Å². The molecule has 0 saturated heterocycles. The van der Waals surface area contributed by atoms with Crippen molar-refractivity contribution in [1.82, 2.24) is 9.97 Å². The van der Waals surface area contributed by atoms with Gasteiger partial charge in [0.1, 0.15) is 24.0 Å². The molecule has 122 valence electrons. The lowest BCUT2D eigenvalue weighted by Gasteiger charge is -2.16. The van der Waals surface area contributed by atoms with Crippen LogP contribution in [-0.2, 0) is 11.2 Å². The lowest BCUT2D eigenvalue weighted by atomic mass is 10.1. The van der Waals surface area contributed by atoms with Crippen molar-refractivity contribution in [2.75, 3.05) is 17.2 Å². The molecule has 2 rings (SSSR count). The number of nitrogens with one attached hydrogen (secondary N) is 2. The van der Waals surface area contributed by atoms with Crippen LogP contribution in [-0.4, -0.2) is 44.8 Å². The predicted octanol–water partition coefficient (Wildman–Crippen LogP) is 1.38. The number of carboxylic acid groups (broad SMARTS) is 1. The zero-order valence-corrected chi connectivity index (χ0v) is 12.8. The Hall–Kier alpha value is -2.67. The van der Waals surface area contributed by atoms with Crippen LogP contribution in [0, 0.1) is 0 Å². The van der Waals surface area contributed by atoms with Crippen molar-refractivity contribution in [2.45, 2.75) is 25.5 Å². The number of nitrogens with zero attached hydrogens (tertiary/aromatic N) is 2. The topological polar surface area (TPSA) is 107 Å². The molecule has 0 bridgehead atoms. The van der Waals surface area contributed by atoms with Crippen LogP contribution in [0.3, 0.4) is 0 Å². The molecule has 1 aromatic heterocycles. The van der Waals surface area contributed by atoms with Gasteiger partial charge in [-0.2, -0.15) is 0 Å². The van der Waals surface area contributed by atoms with Crippen molar-refractivity contribution in [3.63, 3.8) is 0 Å². The molecule has 2 atom stereocenters. The largest absolute Gasteiger partial charge is 0.480 e. The van der Waals surface area contributed by atoms with Gasteiger partial charge in [-0.05, 0) is 12.5 Å². The number of anilines is 2. The molecule has 0 aliphatic carbocycles. The number of aromatic nitrogens is 2. The van der Waals surface area contributed by atoms with E-state index in [-0.39, 0.29) is 0 Å². The Morgan fingerprint density at radius 1 is 1.22 bits per heavy atom. The molecule has 0 fully saturated rings. The maximum Gasteiger partial charge on any atom is 0.326 e. The van der Waals surface area contributed by atoms with Gasteiger partial charge in [0.15, 0.2) is 0 Å². The molecule has 0 aliphatic rings. The summed E-state index contributed by atoms with van der Waals surface area (Å²) in [6.45, 7) is 2.01. The van der Waals surface area contributed by atoms with E-state index in [1.54, 1.807) is 13.0 Å². The summed E-state index contributed by atoms with van der Waals surface area (Å²) >= 11 is 0. The van der Waals surface area contributed by atoms with E-state index in [0.717, 1.165) is 5.56 Å². The second-order valence-corrected chi connectivity index (χ2v) is 5.24. The van der Waals surface area contributed by atoms with E-state index in [4.69, 9.17) is 0 Å². The Morgan fingerprint density at radius 2 is 1.91 bits per heavy atom. The molecule has 7 nitrogen and oxygen atoms in total. The number of carboxylic acids is 1. The van der Waals surface area contributed by atoms with Gasteiger partial charge in [-0.3, -0.25) is 0 Å². The van der Waals surface area contributed by atoms with Crippen molar-refractivity contribution < 1.29 is 15.0 Å². The van der Waals surface area contributed by atoms with Crippen molar-refractivity contribution in [1.29, 1.82) is 0 Å². The predicted molar refractivity (Wildman–Crippen MR) is 87.4 cm³/mol. The van der Waals surface area contributed by atoms with Crippen LogP contribution in [0.15, 0.2) is 42.7 Å². The Balaban J connectivity index is 2.05. The second kappa shape index (κ2) is 8.09. The monoisotopic (exact) mass is 316 g/mol. The third-order valence-electron chi connectivity index (χ3n) is 3.15. The van der Waals surface area contributed by atoms with E-state index in [0.29, 0.717) is 24.6 Å². The molecule has 23 heavy (non-hydrogen) atoms. The van der Waals surface area contributed by atoms with Gasteiger partial charge in [-0.25, -0.2) is 14.8 Å². The maximum atomic E-state index is 11.5. The summed E-state index contributed by atoms with van der Waals surface area (Å²) in [5.74, 6) is -0.0189. The molecule has 1 unspecified atom stereocenters. The smallest absolute Gasteiger partial charge is 0.326 e. The lowest BCUT2D eigenvalue weighted by Crippen LogP contribution is -2.32. The maximum absolute atomic E-state index is 11.5. The molecule has 0 amide bonds. The third kappa shape index (κ3) is 5.55. The molecular weight excluding hydrogens is 296 g/mol. The van der Waals surface area contributed by atoms with Crippen LogP contribution >= 0.6 is 0 Å². The Morgan fingerprint density at radius 3 is 2.57 bits per heavy atom. The fraction of sp³-hybridized carbons (Fsp3) is 0.312. The van der Waals surface area contributed by atoms with Gasteiger partial charge < -0.3 is 20.8 Å². The molecule has 0 saturated carbocycles. The lowest BCUT2D eigenvalue weighted by molar-refractivity contribution is -0.137. The first-order valence-electron chi connectivity index (χ1n) is 7.32. The SMILES string of the molecule is CC(O)CNc1cc(N[C@@H](Cc2ccccc2)C(=O)O)ncn1. The van der Waals surface area contributed by atoms with Crippen LogP contribution in [0.4, 0.5) is 11.6 Å². The first-order valence-corrected chi connectivity index (χ1v) is 7.32. The van der Waals surface area contributed by atoms with Gasteiger partial charge in [0.2, 0.25) is 0 Å². The van der Waals surface area contributed by atoms with Crippen molar-refractivity contribution in [3.8, 4) is 0 Å². The molecule has 7 heteroatoms. The molecule has 0 radical (unpaired) electrons. The highest BCUT2D eigenvalue weighted by molar-refractivity contribution is 5.77. The fourth-order valence-electron chi connectivity index (χ4n) is 2.01.